The molecule has 0 spiro atoms. The van der Waals surface area contributed by atoms with Gasteiger partial charge in [0.1, 0.15) is 11.4 Å². The third kappa shape index (κ3) is 4.54. The molecule has 0 atom stereocenters. The molecule has 2 heterocycles. The van der Waals surface area contributed by atoms with Crippen LogP contribution in [0.1, 0.15) is 33.5 Å². The number of piperazine rings is 1. The summed E-state index contributed by atoms with van der Waals surface area (Å²) in [5.41, 5.74) is 1.55. The zero-order chi connectivity index (χ0) is 19.9. The van der Waals surface area contributed by atoms with Crippen molar-refractivity contribution in [2.75, 3.05) is 32.7 Å². The van der Waals surface area contributed by atoms with Gasteiger partial charge in [-0.3, -0.25) is 14.4 Å². The summed E-state index contributed by atoms with van der Waals surface area (Å²) < 4.78 is 0. The van der Waals surface area contributed by atoms with E-state index in [4.69, 9.17) is 0 Å². The van der Waals surface area contributed by atoms with Crippen LogP contribution in [-0.2, 0) is 11.3 Å². The fourth-order valence-electron chi connectivity index (χ4n) is 3.16. The molecular formula is C21H24N4O3. The van der Waals surface area contributed by atoms with Crippen LogP contribution in [0.4, 0.5) is 0 Å². The van der Waals surface area contributed by atoms with Gasteiger partial charge in [0.05, 0.1) is 0 Å². The topological polar surface area (TPSA) is 73.8 Å². The van der Waals surface area contributed by atoms with E-state index in [0.717, 1.165) is 12.0 Å². The second-order valence-corrected chi connectivity index (χ2v) is 6.65. The van der Waals surface area contributed by atoms with Crippen molar-refractivity contribution < 1.29 is 14.4 Å². The molecule has 0 unspecified atom stereocenters. The molecule has 3 amide bonds. The SMILES string of the molecule is CCN(Cc1ccccc1)C(=O)c1cccc(C(=O)N2CCN(C=O)CC2)n1. The smallest absolute Gasteiger partial charge is 0.272 e. The average molecular weight is 380 g/mol. The second kappa shape index (κ2) is 9.12. The Labute approximate surface area is 164 Å². The summed E-state index contributed by atoms with van der Waals surface area (Å²) in [6.45, 7) is 4.90. The van der Waals surface area contributed by atoms with Crippen molar-refractivity contribution in [3.05, 3.63) is 65.5 Å². The van der Waals surface area contributed by atoms with E-state index in [1.165, 1.54) is 0 Å². The zero-order valence-electron chi connectivity index (χ0n) is 16.0. The van der Waals surface area contributed by atoms with Crippen molar-refractivity contribution in [3.63, 3.8) is 0 Å². The van der Waals surface area contributed by atoms with Gasteiger partial charge in [-0.15, -0.1) is 0 Å². The van der Waals surface area contributed by atoms with Crippen LogP contribution in [0.5, 0.6) is 0 Å². The normalized spacial score (nSPS) is 13.9. The molecule has 0 N–H and O–H groups in total. The van der Waals surface area contributed by atoms with Crippen LogP contribution >= 0.6 is 0 Å². The molecule has 1 fully saturated rings. The van der Waals surface area contributed by atoms with Crippen molar-refractivity contribution in [2.24, 2.45) is 0 Å². The van der Waals surface area contributed by atoms with Gasteiger partial charge < -0.3 is 14.7 Å². The van der Waals surface area contributed by atoms with E-state index in [1.807, 2.05) is 37.3 Å². The third-order valence-corrected chi connectivity index (χ3v) is 4.82. The van der Waals surface area contributed by atoms with E-state index < -0.39 is 0 Å². The highest BCUT2D eigenvalue weighted by molar-refractivity contribution is 5.96. The minimum absolute atomic E-state index is 0.202. The van der Waals surface area contributed by atoms with E-state index in [-0.39, 0.29) is 23.2 Å². The first kappa shape index (κ1) is 19.5. The monoisotopic (exact) mass is 380 g/mol. The molecule has 1 aliphatic heterocycles. The number of amides is 3. The van der Waals surface area contributed by atoms with Crippen LogP contribution < -0.4 is 0 Å². The lowest BCUT2D eigenvalue weighted by atomic mass is 10.2. The molecule has 7 nitrogen and oxygen atoms in total. The average Bonchev–Trinajstić information content (AvgIpc) is 2.77. The maximum absolute atomic E-state index is 12.9. The van der Waals surface area contributed by atoms with Gasteiger partial charge in [-0.25, -0.2) is 4.98 Å². The lowest BCUT2D eigenvalue weighted by molar-refractivity contribution is -0.119. The molecular weight excluding hydrogens is 356 g/mol. The minimum Gasteiger partial charge on any atom is -0.342 e. The number of hydrogen-bond donors (Lipinski definition) is 0. The number of carbonyl (C=O) groups excluding carboxylic acids is 3. The summed E-state index contributed by atoms with van der Waals surface area (Å²) in [5.74, 6) is -0.418. The Bertz CT molecular complexity index is 833. The molecule has 1 aromatic carbocycles. The molecule has 2 aromatic rings. The largest absolute Gasteiger partial charge is 0.342 e. The molecule has 146 valence electrons. The Morgan fingerprint density at radius 2 is 1.68 bits per heavy atom. The van der Waals surface area contributed by atoms with E-state index in [1.54, 1.807) is 32.9 Å². The Kier molecular flexibility index (Phi) is 6.37. The fourth-order valence-corrected chi connectivity index (χ4v) is 3.16. The van der Waals surface area contributed by atoms with Crippen LogP contribution in [0, 0.1) is 0 Å². The van der Waals surface area contributed by atoms with Crippen LogP contribution in [0.2, 0.25) is 0 Å². The molecule has 0 saturated carbocycles. The van der Waals surface area contributed by atoms with Crippen molar-refractivity contribution in [2.45, 2.75) is 13.5 Å². The molecule has 0 bridgehead atoms. The van der Waals surface area contributed by atoms with Crippen LogP contribution in [0.15, 0.2) is 48.5 Å². The van der Waals surface area contributed by atoms with Crippen molar-refractivity contribution >= 4 is 18.2 Å². The van der Waals surface area contributed by atoms with Crippen LogP contribution in [0.3, 0.4) is 0 Å². The quantitative estimate of drug-likeness (QED) is 0.715. The maximum atomic E-state index is 12.9. The first-order chi connectivity index (χ1) is 13.6. The number of carbonyl (C=O) groups is 3. The number of benzene rings is 1. The van der Waals surface area contributed by atoms with Gasteiger partial charge in [0.2, 0.25) is 6.41 Å². The molecule has 0 radical (unpaired) electrons. The Morgan fingerprint density at radius 3 is 2.32 bits per heavy atom. The van der Waals surface area contributed by atoms with Crippen molar-refractivity contribution in [3.8, 4) is 0 Å². The summed E-state index contributed by atoms with van der Waals surface area (Å²) in [6.07, 6.45) is 0.797. The first-order valence-electron chi connectivity index (χ1n) is 9.41. The molecule has 1 saturated heterocycles. The fraction of sp³-hybridized carbons (Fsp3) is 0.333. The van der Waals surface area contributed by atoms with Crippen molar-refractivity contribution in [1.82, 2.24) is 19.7 Å². The molecule has 28 heavy (non-hydrogen) atoms. The number of rotatable bonds is 6. The predicted octanol–water partition coefficient (Wildman–Crippen LogP) is 1.66. The molecule has 7 heteroatoms. The highest BCUT2D eigenvalue weighted by atomic mass is 16.2. The summed E-state index contributed by atoms with van der Waals surface area (Å²) >= 11 is 0. The molecule has 0 aliphatic carbocycles. The Balaban J connectivity index is 1.71. The highest BCUT2D eigenvalue weighted by Gasteiger charge is 2.24. The van der Waals surface area contributed by atoms with E-state index in [0.29, 0.717) is 39.3 Å². The summed E-state index contributed by atoms with van der Waals surface area (Å²) in [4.78, 5) is 45.8. The first-order valence-corrected chi connectivity index (χ1v) is 9.41. The standard InChI is InChI=1S/C21H24N4O3/c1-2-24(15-17-7-4-3-5-8-17)20(27)18-9-6-10-19(22-18)21(28)25-13-11-23(16-26)12-14-25/h3-10,16H,2,11-15H2,1H3. The summed E-state index contributed by atoms with van der Waals surface area (Å²) in [7, 11) is 0. The van der Waals surface area contributed by atoms with Gasteiger partial charge in [0.15, 0.2) is 0 Å². The summed E-state index contributed by atoms with van der Waals surface area (Å²) in [6, 6.07) is 14.7. The van der Waals surface area contributed by atoms with Crippen LogP contribution in [0.25, 0.3) is 0 Å². The number of nitrogens with zero attached hydrogens (tertiary/aromatic N) is 4. The van der Waals surface area contributed by atoms with Crippen molar-refractivity contribution in [1.29, 1.82) is 0 Å². The van der Waals surface area contributed by atoms with E-state index >= 15 is 0 Å². The molecule has 1 aliphatic rings. The van der Waals surface area contributed by atoms with Gasteiger partial charge in [0, 0.05) is 39.3 Å². The molecule has 3 rings (SSSR count). The number of pyridine rings is 1. The second-order valence-electron chi connectivity index (χ2n) is 6.65. The lowest BCUT2D eigenvalue weighted by Gasteiger charge is -2.32. The lowest BCUT2D eigenvalue weighted by Crippen LogP contribution is -2.48. The van der Waals surface area contributed by atoms with Gasteiger partial charge in [-0.05, 0) is 24.6 Å². The van der Waals surface area contributed by atoms with Gasteiger partial charge in [0.25, 0.3) is 11.8 Å². The predicted molar refractivity (Wildman–Crippen MR) is 105 cm³/mol. The van der Waals surface area contributed by atoms with Gasteiger partial charge in [-0.2, -0.15) is 0 Å². The van der Waals surface area contributed by atoms with E-state index in [9.17, 15) is 14.4 Å². The highest BCUT2D eigenvalue weighted by Crippen LogP contribution is 2.11. The minimum atomic E-state index is -0.216. The Hall–Kier alpha value is -3.22. The third-order valence-electron chi connectivity index (χ3n) is 4.82. The zero-order valence-corrected chi connectivity index (χ0v) is 16.0. The molecule has 1 aromatic heterocycles. The van der Waals surface area contributed by atoms with Gasteiger partial charge in [-0.1, -0.05) is 36.4 Å². The summed E-state index contributed by atoms with van der Waals surface area (Å²) in [5, 5.41) is 0. The van der Waals surface area contributed by atoms with Gasteiger partial charge >= 0.3 is 0 Å². The van der Waals surface area contributed by atoms with Crippen LogP contribution in [-0.4, -0.2) is 70.6 Å². The maximum Gasteiger partial charge on any atom is 0.272 e. The van der Waals surface area contributed by atoms with E-state index in [2.05, 4.69) is 4.98 Å². The number of aromatic nitrogens is 1. The number of hydrogen-bond acceptors (Lipinski definition) is 4. The Morgan fingerprint density at radius 1 is 1.00 bits per heavy atom.